The third kappa shape index (κ3) is 2.83. The molecule has 0 aliphatic rings. The van der Waals surface area contributed by atoms with Crippen molar-refractivity contribution in [2.45, 2.75) is 5.16 Å². The van der Waals surface area contributed by atoms with Crippen LogP contribution in [-0.4, -0.2) is 16.2 Å². The van der Waals surface area contributed by atoms with Crippen LogP contribution in [-0.2, 0) is 0 Å². The van der Waals surface area contributed by atoms with Crippen molar-refractivity contribution in [2.24, 2.45) is 0 Å². The van der Waals surface area contributed by atoms with E-state index in [9.17, 15) is 0 Å². The van der Waals surface area contributed by atoms with Gasteiger partial charge in [-0.25, -0.2) is 9.97 Å². The van der Waals surface area contributed by atoms with Gasteiger partial charge in [-0.3, -0.25) is 0 Å². The summed E-state index contributed by atoms with van der Waals surface area (Å²) in [4.78, 5) is 8.49. The number of nitrogens with zero attached hydrogens (tertiary/aromatic N) is 2. The van der Waals surface area contributed by atoms with Gasteiger partial charge in [0.25, 0.3) is 0 Å². The molecule has 0 fully saturated rings. The Labute approximate surface area is 124 Å². The van der Waals surface area contributed by atoms with Gasteiger partial charge in [0.1, 0.15) is 11.0 Å². The van der Waals surface area contributed by atoms with E-state index < -0.39 is 0 Å². The highest BCUT2D eigenvalue weighted by Gasteiger charge is 2.04. The van der Waals surface area contributed by atoms with Crippen molar-refractivity contribution in [3.63, 3.8) is 0 Å². The Morgan fingerprint density at radius 1 is 1.21 bits per heavy atom. The van der Waals surface area contributed by atoms with Gasteiger partial charge in [-0.1, -0.05) is 23.4 Å². The first-order chi connectivity index (χ1) is 9.24. The fourth-order valence-corrected chi connectivity index (χ4v) is 3.13. The molecule has 0 aliphatic heterocycles. The number of thioether (sulfide) groups is 1. The van der Waals surface area contributed by atoms with Gasteiger partial charge in [-0.2, -0.15) is 0 Å². The number of rotatable bonds is 3. The monoisotopic (exact) mass is 307 g/mol. The van der Waals surface area contributed by atoms with Gasteiger partial charge in [0.05, 0.1) is 0 Å². The third-order valence-electron chi connectivity index (χ3n) is 2.58. The quantitative estimate of drug-likeness (QED) is 0.428. The van der Waals surface area contributed by atoms with E-state index in [0.29, 0.717) is 16.1 Å². The smallest absolute Gasteiger partial charge is 0.190 e. The van der Waals surface area contributed by atoms with E-state index in [1.54, 1.807) is 17.4 Å². The van der Waals surface area contributed by atoms with Gasteiger partial charge in [-0.15, -0.1) is 11.3 Å². The zero-order valence-electron chi connectivity index (χ0n) is 10.1. The van der Waals surface area contributed by atoms with Crippen LogP contribution in [0.1, 0.15) is 0 Å². The highest BCUT2D eigenvalue weighted by atomic mass is 35.5. The number of anilines is 2. The highest BCUT2D eigenvalue weighted by Crippen LogP contribution is 2.26. The fraction of sp³-hybridized carbons (Fsp3) is 0.0769. The predicted octanol–water partition coefficient (Wildman–Crippen LogP) is 4.81. The number of aromatic nitrogens is 2. The van der Waals surface area contributed by atoms with Crippen molar-refractivity contribution < 1.29 is 0 Å². The van der Waals surface area contributed by atoms with Gasteiger partial charge in [0.15, 0.2) is 5.16 Å². The lowest BCUT2D eigenvalue weighted by molar-refractivity contribution is 0.976. The second-order valence-electron chi connectivity index (χ2n) is 3.86. The largest absolute Gasteiger partial charge is 0.340 e. The Bertz CT molecular complexity index is 727. The normalized spacial score (nSPS) is 10.8. The molecule has 2 heterocycles. The van der Waals surface area contributed by atoms with Crippen molar-refractivity contribution >= 4 is 56.3 Å². The number of thiophene rings is 1. The standard InChI is InChI=1S/C13H10ClN3S2/c1-18-13-16-11(14)7-12(17-13)15-9-2-3-10-8(6-9)4-5-19-10/h2-7H,1H3,(H,15,16,17). The molecule has 6 heteroatoms. The zero-order chi connectivity index (χ0) is 13.2. The fourth-order valence-electron chi connectivity index (χ4n) is 1.74. The number of hydrogen-bond donors (Lipinski definition) is 1. The molecule has 19 heavy (non-hydrogen) atoms. The molecule has 1 aromatic carbocycles. The van der Waals surface area contributed by atoms with Crippen LogP contribution in [0.5, 0.6) is 0 Å². The first kappa shape index (κ1) is 12.7. The minimum Gasteiger partial charge on any atom is -0.340 e. The predicted molar refractivity (Wildman–Crippen MR) is 83.9 cm³/mol. The number of nitrogens with one attached hydrogen (secondary N) is 1. The maximum absolute atomic E-state index is 5.97. The molecule has 0 radical (unpaired) electrons. The minimum absolute atomic E-state index is 0.443. The highest BCUT2D eigenvalue weighted by molar-refractivity contribution is 7.98. The molecule has 3 aromatic rings. The molecular weight excluding hydrogens is 298 g/mol. The molecule has 2 aromatic heterocycles. The average molecular weight is 308 g/mol. The minimum atomic E-state index is 0.443. The molecule has 96 valence electrons. The summed E-state index contributed by atoms with van der Waals surface area (Å²) in [5, 5.41) is 7.67. The Morgan fingerprint density at radius 2 is 2.11 bits per heavy atom. The maximum Gasteiger partial charge on any atom is 0.190 e. The Morgan fingerprint density at radius 3 is 2.95 bits per heavy atom. The van der Waals surface area contributed by atoms with E-state index in [1.807, 2.05) is 12.3 Å². The summed E-state index contributed by atoms with van der Waals surface area (Å²) in [6.07, 6.45) is 1.92. The van der Waals surface area contributed by atoms with Crippen LogP contribution in [0.25, 0.3) is 10.1 Å². The van der Waals surface area contributed by atoms with Crippen LogP contribution in [0.15, 0.2) is 40.9 Å². The summed E-state index contributed by atoms with van der Waals surface area (Å²) in [7, 11) is 0. The van der Waals surface area contributed by atoms with Crippen LogP contribution < -0.4 is 5.32 Å². The lowest BCUT2D eigenvalue weighted by Gasteiger charge is -2.07. The van der Waals surface area contributed by atoms with Crippen molar-refractivity contribution in [1.82, 2.24) is 9.97 Å². The second-order valence-corrected chi connectivity index (χ2v) is 5.97. The molecule has 0 bridgehead atoms. The summed E-state index contributed by atoms with van der Waals surface area (Å²) in [5.74, 6) is 0.707. The lowest BCUT2D eigenvalue weighted by Crippen LogP contribution is -1.96. The summed E-state index contributed by atoms with van der Waals surface area (Å²) >= 11 is 9.17. The van der Waals surface area contributed by atoms with Crippen LogP contribution in [0.3, 0.4) is 0 Å². The van der Waals surface area contributed by atoms with Crippen molar-refractivity contribution in [3.05, 3.63) is 40.9 Å². The molecule has 1 N–H and O–H groups in total. The van der Waals surface area contributed by atoms with Crippen LogP contribution in [0.4, 0.5) is 11.5 Å². The van der Waals surface area contributed by atoms with Gasteiger partial charge in [0, 0.05) is 16.5 Å². The molecular formula is C13H10ClN3S2. The van der Waals surface area contributed by atoms with Gasteiger partial charge in [0.2, 0.25) is 0 Å². The van der Waals surface area contributed by atoms with Crippen LogP contribution in [0, 0.1) is 0 Å². The van der Waals surface area contributed by atoms with Crippen LogP contribution >= 0.6 is 34.7 Å². The summed E-state index contributed by atoms with van der Waals surface area (Å²) in [5.41, 5.74) is 0.993. The molecule has 0 saturated heterocycles. The SMILES string of the molecule is CSc1nc(Cl)cc(Nc2ccc3sccc3c2)n1. The molecule has 0 atom stereocenters. The molecule has 0 amide bonds. The number of benzene rings is 1. The Hall–Kier alpha value is -1.30. The zero-order valence-corrected chi connectivity index (χ0v) is 12.4. The average Bonchev–Trinajstić information content (AvgIpc) is 2.85. The van der Waals surface area contributed by atoms with E-state index in [4.69, 9.17) is 11.6 Å². The number of fused-ring (bicyclic) bond motifs is 1. The lowest BCUT2D eigenvalue weighted by atomic mass is 10.2. The molecule has 0 aliphatic carbocycles. The van der Waals surface area contributed by atoms with E-state index in [1.165, 1.54) is 21.8 Å². The number of hydrogen-bond acceptors (Lipinski definition) is 5. The van der Waals surface area contributed by atoms with E-state index in [-0.39, 0.29) is 0 Å². The number of halogens is 1. The first-order valence-electron chi connectivity index (χ1n) is 5.57. The van der Waals surface area contributed by atoms with Crippen molar-refractivity contribution in [3.8, 4) is 0 Å². The summed E-state index contributed by atoms with van der Waals surface area (Å²) in [6, 6.07) is 10.1. The topological polar surface area (TPSA) is 37.8 Å². The molecule has 0 unspecified atom stereocenters. The Kier molecular flexibility index (Phi) is 3.59. The summed E-state index contributed by atoms with van der Waals surface area (Å²) in [6.45, 7) is 0. The van der Waals surface area contributed by atoms with Gasteiger partial charge < -0.3 is 5.32 Å². The van der Waals surface area contributed by atoms with E-state index >= 15 is 0 Å². The summed E-state index contributed by atoms with van der Waals surface area (Å²) < 4.78 is 1.27. The molecule has 3 rings (SSSR count). The molecule has 0 spiro atoms. The maximum atomic E-state index is 5.97. The molecule has 0 saturated carbocycles. The molecule has 3 nitrogen and oxygen atoms in total. The van der Waals surface area contributed by atoms with E-state index in [0.717, 1.165) is 5.69 Å². The third-order valence-corrected chi connectivity index (χ3v) is 4.22. The Balaban J connectivity index is 1.93. The van der Waals surface area contributed by atoms with Gasteiger partial charge in [-0.05, 0) is 41.3 Å². The van der Waals surface area contributed by atoms with E-state index in [2.05, 4.69) is 38.9 Å². The second kappa shape index (κ2) is 5.36. The van der Waals surface area contributed by atoms with Crippen molar-refractivity contribution in [1.29, 1.82) is 0 Å². The van der Waals surface area contributed by atoms with Gasteiger partial charge >= 0.3 is 0 Å². The van der Waals surface area contributed by atoms with Crippen LogP contribution in [0.2, 0.25) is 5.15 Å². The first-order valence-corrected chi connectivity index (χ1v) is 8.06. The van der Waals surface area contributed by atoms with Crippen molar-refractivity contribution in [2.75, 3.05) is 11.6 Å².